The van der Waals surface area contributed by atoms with Gasteiger partial charge in [0.1, 0.15) is 11.8 Å². The van der Waals surface area contributed by atoms with Gasteiger partial charge >= 0.3 is 0 Å². The normalized spacial score (nSPS) is 11.2. The Morgan fingerprint density at radius 1 is 0.931 bits per heavy atom. The van der Waals surface area contributed by atoms with Gasteiger partial charge in [-0.15, -0.1) is 0 Å². The molecule has 0 saturated carbocycles. The summed E-state index contributed by atoms with van der Waals surface area (Å²) in [6, 6.07) is 15.4. The van der Waals surface area contributed by atoms with Gasteiger partial charge in [-0.2, -0.15) is 0 Å². The third kappa shape index (κ3) is 3.26. The van der Waals surface area contributed by atoms with Gasteiger partial charge < -0.3 is 10.3 Å². The van der Waals surface area contributed by atoms with E-state index >= 15 is 0 Å². The number of benzene rings is 2. The van der Waals surface area contributed by atoms with E-state index in [1.807, 2.05) is 48.5 Å². The minimum Gasteiger partial charge on any atom is -0.364 e. The van der Waals surface area contributed by atoms with E-state index in [2.05, 4.69) is 25.3 Å². The van der Waals surface area contributed by atoms with Crippen molar-refractivity contribution >= 4 is 51.1 Å². The molecule has 0 bridgehead atoms. The van der Waals surface area contributed by atoms with Crippen LogP contribution in [0.15, 0.2) is 61.2 Å². The Morgan fingerprint density at radius 3 is 2.69 bits per heavy atom. The van der Waals surface area contributed by atoms with Crippen LogP contribution in [0.1, 0.15) is 5.56 Å². The number of hydrogen-bond donors (Lipinski definition) is 2. The number of rotatable bonds is 4. The lowest BCUT2D eigenvalue weighted by Crippen LogP contribution is -2.05. The maximum atomic E-state index is 6.47. The number of imidazole rings is 1. The molecular weight excluding hydrogens is 407 g/mol. The first-order chi connectivity index (χ1) is 14.2. The van der Waals surface area contributed by atoms with E-state index in [0.29, 0.717) is 33.6 Å². The summed E-state index contributed by atoms with van der Waals surface area (Å²) in [7, 11) is 0. The first kappa shape index (κ1) is 17.8. The van der Waals surface area contributed by atoms with Crippen molar-refractivity contribution in [3.8, 4) is 11.3 Å². The summed E-state index contributed by atoms with van der Waals surface area (Å²) in [6.07, 6.45) is 3.09. The number of aromatic nitrogens is 5. The van der Waals surface area contributed by atoms with E-state index in [0.717, 1.165) is 27.7 Å². The average molecular weight is 421 g/mol. The predicted octanol–water partition coefficient (Wildman–Crippen LogP) is 5.49. The maximum Gasteiger partial charge on any atom is 0.162 e. The molecule has 142 valence electrons. The van der Waals surface area contributed by atoms with E-state index in [1.54, 1.807) is 6.33 Å². The van der Waals surface area contributed by atoms with Crippen molar-refractivity contribution in [3.63, 3.8) is 0 Å². The number of fused-ring (bicyclic) bond motifs is 2. The van der Waals surface area contributed by atoms with Gasteiger partial charge in [-0.05, 0) is 29.8 Å². The Hall–Kier alpha value is -3.22. The molecule has 0 amide bonds. The lowest BCUT2D eigenvalue weighted by Gasteiger charge is -2.14. The zero-order valence-corrected chi connectivity index (χ0v) is 16.5. The molecule has 0 atom stereocenters. The summed E-state index contributed by atoms with van der Waals surface area (Å²) in [5, 5.41) is 5.52. The lowest BCUT2D eigenvalue weighted by molar-refractivity contribution is 1.09. The van der Waals surface area contributed by atoms with Gasteiger partial charge in [-0.3, -0.25) is 0 Å². The van der Waals surface area contributed by atoms with Crippen LogP contribution >= 0.6 is 23.2 Å². The van der Waals surface area contributed by atoms with Crippen LogP contribution in [0, 0.1) is 0 Å². The van der Waals surface area contributed by atoms with Gasteiger partial charge in [0, 0.05) is 27.5 Å². The van der Waals surface area contributed by atoms with E-state index < -0.39 is 0 Å². The summed E-state index contributed by atoms with van der Waals surface area (Å²) >= 11 is 12.9. The Morgan fingerprint density at radius 2 is 1.79 bits per heavy atom. The standard InChI is InChI=1S/C21H14Cl2N6/c22-15-5-2-1-4-13(15)18-12(8-14-16(23)6-3-7-17(14)29-18)9-24-20-19-21(26-10-25-19)28-11-27-20/h1-8,10-11H,9H2,(H2,24,25,26,27,28). The third-order valence-electron chi connectivity index (χ3n) is 4.68. The second-order valence-electron chi connectivity index (χ2n) is 6.46. The fourth-order valence-electron chi connectivity index (χ4n) is 3.30. The molecule has 2 N–H and O–H groups in total. The van der Waals surface area contributed by atoms with Crippen LogP contribution in [0.2, 0.25) is 10.0 Å². The molecule has 0 spiro atoms. The minimum absolute atomic E-state index is 0.466. The smallest absolute Gasteiger partial charge is 0.162 e. The number of H-pyrrole nitrogens is 1. The zero-order valence-electron chi connectivity index (χ0n) is 15.0. The van der Waals surface area contributed by atoms with Crippen LogP contribution in [0.3, 0.4) is 0 Å². The molecule has 0 unspecified atom stereocenters. The molecule has 29 heavy (non-hydrogen) atoms. The molecule has 5 aromatic rings. The number of nitrogens with zero attached hydrogens (tertiary/aromatic N) is 4. The van der Waals surface area contributed by atoms with Gasteiger partial charge in [-0.25, -0.2) is 19.9 Å². The molecule has 0 aliphatic carbocycles. The van der Waals surface area contributed by atoms with Crippen LogP contribution < -0.4 is 5.32 Å². The molecule has 5 rings (SSSR count). The Labute approximate surface area is 176 Å². The maximum absolute atomic E-state index is 6.47. The molecule has 0 aliphatic rings. The highest BCUT2D eigenvalue weighted by atomic mass is 35.5. The van der Waals surface area contributed by atoms with Gasteiger partial charge in [-0.1, -0.05) is 47.5 Å². The second-order valence-corrected chi connectivity index (χ2v) is 7.27. The van der Waals surface area contributed by atoms with E-state index in [4.69, 9.17) is 28.2 Å². The van der Waals surface area contributed by atoms with Crippen molar-refractivity contribution in [3.05, 3.63) is 76.8 Å². The summed E-state index contributed by atoms with van der Waals surface area (Å²) in [6.45, 7) is 0.466. The highest BCUT2D eigenvalue weighted by Crippen LogP contribution is 2.33. The molecule has 8 heteroatoms. The number of pyridine rings is 1. The van der Waals surface area contributed by atoms with Crippen molar-refractivity contribution in [2.45, 2.75) is 6.54 Å². The zero-order chi connectivity index (χ0) is 19.8. The monoisotopic (exact) mass is 420 g/mol. The van der Waals surface area contributed by atoms with Crippen LogP contribution in [0.25, 0.3) is 33.3 Å². The molecule has 3 heterocycles. The molecule has 0 saturated heterocycles. The van der Waals surface area contributed by atoms with Crippen LogP contribution in [0.5, 0.6) is 0 Å². The predicted molar refractivity (Wildman–Crippen MR) is 116 cm³/mol. The largest absolute Gasteiger partial charge is 0.364 e. The number of hydrogen-bond acceptors (Lipinski definition) is 5. The minimum atomic E-state index is 0.466. The lowest BCUT2D eigenvalue weighted by atomic mass is 10.0. The van der Waals surface area contributed by atoms with Crippen LogP contribution in [0.4, 0.5) is 5.82 Å². The molecule has 0 aliphatic heterocycles. The Kier molecular flexibility index (Phi) is 4.50. The Bertz CT molecular complexity index is 1350. The summed E-state index contributed by atoms with van der Waals surface area (Å²) in [5.74, 6) is 0.639. The third-order valence-corrected chi connectivity index (χ3v) is 5.34. The van der Waals surface area contributed by atoms with Crippen molar-refractivity contribution in [1.29, 1.82) is 0 Å². The summed E-state index contributed by atoms with van der Waals surface area (Å²) in [5.41, 5.74) is 4.77. The van der Waals surface area contributed by atoms with Crippen molar-refractivity contribution in [1.82, 2.24) is 24.9 Å². The van der Waals surface area contributed by atoms with E-state index in [9.17, 15) is 0 Å². The first-order valence-electron chi connectivity index (χ1n) is 8.92. The highest BCUT2D eigenvalue weighted by Gasteiger charge is 2.14. The number of aromatic amines is 1. The van der Waals surface area contributed by atoms with Crippen molar-refractivity contribution < 1.29 is 0 Å². The number of halogens is 2. The van der Waals surface area contributed by atoms with Gasteiger partial charge in [0.2, 0.25) is 0 Å². The molecule has 6 nitrogen and oxygen atoms in total. The summed E-state index contributed by atoms with van der Waals surface area (Å²) in [4.78, 5) is 20.6. The number of anilines is 1. The second kappa shape index (κ2) is 7.31. The first-order valence-corrected chi connectivity index (χ1v) is 9.67. The van der Waals surface area contributed by atoms with E-state index in [1.165, 1.54) is 6.33 Å². The molecule has 3 aromatic heterocycles. The highest BCUT2D eigenvalue weighted by molar-refractivity contribution is 6.35. The van der Waals surface area contributed by atoms with Gasteiger partial charge in [0.25, 0.3) is 0 Å². The molecule has 2 aromatic carbocycles. The van der Waals surface area contributed by atoms with Gasteiger partial charge in [0.15, 0.2) is 11.5 Å². The van der Waals surface area contributed by atoms with Gasteiger partial charge in [0.05, 0.1) is 17.5 Å². The van der Waals surface area contributed by atoms with Crippen LogP contribution in [-0.4, -0.2) is 24.9 Å². The van der Waals surface area contributed by atoms with Crippen LogP contribution in [-0.2, 0) is 6.54 Å². The molecular formula is C21H14Cl2N6. The number of nitrogens with one attached hydrogen (secondary N) is 2. The van der Waals surface area contributed by atoms with Crippen molar-refractivity contribution in [2.75, 3.05) is 5.32 Å². The quantitative estimate of drug-likeness (QED) is 0.401. The molecule has 0 radical (unpaired) electrons. The fraction of sp³-hybridized carbons (Fsp3) is 0.0476. The average Bonchev–Trinajstić information content (AvgIpc) is 3.22. The topological polar surface area (TPSA) is 79.4 Å². The fourth-order valence-corrected chi connectivity index (χ4v) is 3.74. The SMILES string of the molecule is Clc1ccccc1-c1nc2cccc(Cl)c2cc1CNc1ncnc2[nH]cnc12. The Balaban J connectivity index is 1.63. The summed E-state index contributed by atoms with van der Waals surface area (Å²) < 4.78 is 0. The van der Waals surface area contributed by atoms with E-state index in [-0.39, 0.29) is 0 Å². The molecule has 0 fully saturated rings. The van der Waals surface area contributed by atoms with Crippen molar-refractivity contribution in [2.24, 2.45) is 0 Å².